The van der Waals surface area contributed by atoms with Crippen molar-refractivity contribution < 1.29 is 18.3 Å². The fourth-order valence-electron chi connectivity index (χ4n) is 3.91. The molecule has 5 nitrogen and oxygen atoms in total. The highest BCUT2D eigenvalue weighted by Gasteiger charge is 2.40. The van der Waals surface area contributed by atoms with Crippen LogP contribution in [0, 0.1) is 5.92 Å². The van der Waals surface area contributed by atoms with Crippen molar-refractivity contribution in [2.24, 2.45) is 5.92 Å². The monoisotopic (exact) mass is 357 g/mol. The summed E-state index contributed by atoms with van der Waals surface area (Å²) in [5.74, 6) is -0.448. The highest BCUT2D eigenvalue weighted by molar-refractivity contribution is 7.91. The molecule has 1 aliphatic heterocycles. The number of rotatable bonds is 5. The van der Waals surface area contributed by atoms with Crippen molar-refractivity contribution >= 4 is 27.3 Å². The van der Waals surface area contributed by atoms with Crippen LogP contribution in [-0.4, -0.2) is 36.4 Å². The number of aliphatic carboxylic acids is 1. The summed E-state index contributed by atoms with van der Waals surface area (Å²) >= 11 is 1.09. The van der Waals surface area contributed by atoms with Crippen LogP contribution in [0.5, 0.6) is 0 Å². The van der Waals surface area contributed by atoms with Gasteiger partial charge in [0, 0.05) is 17.5 Å². The van der Waals surface area contributed by atoms with Crippen LogP contribution in [0.4, 0.5) is 0 Å². The van der Waals surface area contributed by atoms with Gasteiger partial charge in [-0.05, 0) is 43.7 Å². The summed E-state index contributed by atoms with van der Waals surface area (Å²) in [6.07, 6.45) is 7.70. The number of nitrogens with zero attached hydrogens (tertiary/aromatic N) is 1. The summed E-state index contributed by atoms with van der Waals surface area (Å²) < 4.78 is 27.9. The van der Waals surface area contributed by atoms with Crippen molar-refractivity contribution in [1.82, 2.24) is 4.31 Å². The molecule has 23 heavy (non-hydrogen) atoms. The second-order valence-electron chi connectivity index (χ2n) is 6.51. The van der Waals surface area contributed by atoms with Crippen LogP contribution < -0.4 is 0 Å². The van der Waals surface area contributed by atoms with Crippen LogP contribution in [0.3, 0.4) is 0 Å². The number of sulfonamides is 1. The zero-order valence-electron chi connectivity index (χ0n) is 13.1. The topological polar surface area (TPSA) is 74.7 Å². The van der Waals surface area contributed by atoms with E-state index in [1.165, 1.54) is 19.3 Å². The number of hydrogen-bond donors (Lipinski definition) is 1. The molecule has 2 heterocycles. The Morgan fingerprint density at radius 1 is 1.17 bits per heavy atom. The van der Waals surface area contributed by atoms with Gasteiger partial charge in [0.1, 0.15) is 4.21 Å². The molecule has 0 bridgehead atoms. The summed E-state index contributed by atoms with van der Waals surface area (Å²) in [5, 5.41) is 8.85. The van der Waals surface area contributed by atoms with E-state index in [1.807, 2.05) is 0 Å². The van der Waals surface area contributed by atoms with Gasteiger partial charge in [-0.2, -0.15) is 4.31 Å². The molecule has 1 saturated heterocycles. The number of carboxylic acids is 1. The van der Waals surface area contributed by atoms with Crippen molar-refractivity contribution in [3.63, 3.8) is 0 Å². The van der Waals surface area contributed by atoms with Gasteiger partial charge in [-0.3, -0.25) is 4.79 Å². The highest BCUT2D eigenvalue weighted by atomic mass is 32.2. The first kappa shape index (κ1) is 16.9. The fourth-order valence-corrected chi connectivity index (χ4v) is 7.14. The molecule has 0 spiro atoms. The van der Waals surface area contributed by atoms with Gasteiger partial charge in [-0.25, -0.2) is 8.42 Å². The van der Waals surface area contributed by atoms with Gasteiger partial charge < -0.3 is 5.11 Å². The Bertz CT molecular complexity index is 661. The zero-order valence-corrected chi connectivity index (χ0v) is 14.7. The maximum absolute atomic E-state index is 13.0. The average molecular weight is 357 g/mol. The number of thiophene rings is 1. The quantitative estimate of drug-likeness (QED) is 0.878. The fraction of sp³-hybridized carbons (Fsp3) is 0.688. The molecular weight excluding hydrogens is 334 g/mol. The predicted octanol–water partition coefficient (Wildman–Crippen LogP) is 3.11. The van der Waals surface area contributed by atoms with E-state index in [2.05, 4.69) is 0 Å². The average Bonchev–Trinajstić information content (AvgIpc) is 3.16. The van der Waals surface area contributed by atoms with E-state index in [9.17, 15) is 13.2 Å². The van der Waals surface area contributed by atoms with E-state index in [4.69, 9.17) is 5.11 Å². The van der Waals surface area contributed by atoms with Crippen LogP contribution in [0.1, 0.15) is 49.8 Å². The van der Waals surface area contributed by atoms with Crippen LogP contribution in [0.2, 0.25) is 0 Å². The van der Waals surface area contributed by atoms with Crippen LogP contribution in [-0.2, 0) is 21.2 Å². The first-order valence-electron chi connectivity index (χ1n) is 8.31. The van der Waals surface area contributed by atoms with Crippen molar-refractivity contribution in [2.45, 2.75) is 61.6 Å². The predicted molar refractivity (Wildman–Crippen MR) is 89.1 cm³/mol. The molecule has 2 aliphatic rings. The Morgan fingerprint density at radius 3 is 2.61 bits per heavy atom. The van der Waals surface area contributed by atoms with Crippen molar-refractivity contribution in [3.05, 3.63) is 17.0 Å². The largest absolute Gasteiger partial charge is 0.481 e. The van der Waals surface area contributed by atoms with E-state index in [0.717, 1.165) is 37.0 Å². The van der Waals surface area contributed by atoms with E-state index in [0.29, 0.717) is 17.3 Å². The second kappa shape index (κ2) is 6.91. The van der Waals surface area contributed by atoms with Crippen molar-refractivity contribution in [1.29, 1.82) is 0 Å². The standard InChI is InChI=1S/C16H23NO4S2/c18-15(19)11-13-8-9-16(22-13)23(20,21)17-10-4-7-14(17)12-5-2-1-3-6-12/h8-9,12,14H,1-7,10-11H2,(H,18,19). The molecule has 128 valence electrons. The Labute approximate surface area is 141 Å². The third-order valence-electron chi connectivity index (χ3n) is 4.97. The number of hydrogen-bond acceptors (Lipinski definition) is 4. The lowest BCUT2D eigenvalue weighted by molar-refractivity contribution is -0.136. The first-order chi connectivity index (χ1) is 11.0. The van der Waals surface area contributed by atoms with Gasteiger partial charge in [-0.15, -0.1) is 11.3 Å². The summed E-state index contributed by atoms with van der Waals surface area (Å²) in [6, 6.07) is 3.32. The molecule has 7 heteroatoms. The first-order valence-corrected chi connectivity index (χ1v) is 10.6. The van der Waals surface area contributed by atoms with Gasteiger partial charge >= 0.3 is 5.97 Å². The molecule has 1 N–H and O–H groups in total. The Balaban J connectivity index is 1.80. The summed E-state index contributed by atoms with van der Waals surface area (Å²) in [5.41, 5.74) is 0. The summed E-state index contributed by atoms with van der Waals surface area (Å²) in [6.45, 7) is 0.593. The van der Waals surface area contributed by atoms with Gasteiger partial charge in [0.25, 0.3) is 10.0 Å². The summed E-state index contributed by atoms with van der Waals surface area (Å²) in [4.78, 5) is 11.4. The molecule has 1 atom stereocenters. The Morgan fingerprint density at radius 2 is 1.91 bits per heavy atom. The minimum atomic E-state index is -3.49. The van der Waals surface area contributed by atoms with E-state index < -0.39 is 16.0 Å². The molecular formula is C16H23NO4S2. The Kier molecular flexibility index (Phi) is 5.08. The molecule has 1 saturated carbocycles. The lowest BCUT2D eigenvalue weighted by Crippen LogP contribution is -2.40. The van der Waals surface area contributed by atoms with E-state index in [-0.39, 0.29) is 16.7 Å². The van der Waals surface area contributed by atoms with Crippen LogP contribution >= 0.6 is 11.3 Å². The van der Waals surface area contributed by atoms with Gasteiger partial charge in [0.05, 0.1) is 6.42 Å². The van der Waals surface area contributed by atoms with Gasteiger partial charge in [0.2, 0.25) is 0 Å². The van der Waals surface area contributed by atoms with Crippen LogP contribution in [0.15, 0.2) is 16.3 Å². The highest BCUT2D eigenvalue weighted by Crippen LogP contribution is 2.38. The second-order valence-corrected chi connectivity index (χ2v) is 9.80. The molecule has 1 unspecified atom stereocenters. The SMILES string of the molecule is O=C(O)Cc1ccc(S(=O)(=O)N2CCCC2C2CCCCC2)s1. The normalized spacial score (nSPS) is 24.1. The van der Waals surface area contributed by atoms with Gasteiger partial charge in [0.15, 0.2) is 0 Å². The smallest absolute Gasteiger partial charge is 0.308 e. The molecule has 0 amide bonds. The molecule has 1 aromatic heterocycles. The minimum Gasteiger partial charge on any atom is -0.481 e. The maximum atomic E-state index is 13.0. The lowest BCUT2D eigenvalue weighted by Gasteiger charge is -2.33. The summed E-state index contributed by atoms with van der Waals surface area (Å²) in [7, 11) is -3.49. The molecule has 1 aliphatic carbocycles. The number of carboxylic acid groups (broad SMARTS) is 1. The molecule has 0 aromatic carbocycles. The van der Waals surface area contributed by atoms with Crippen molar-refractivity contribution in [3.8, 4) is 0 Å². The zero-order chi connectivity index (χ0) is 16.4. The van der Waals surface area contributed by atoms with E-state index >= 15 is 0 Å². The van der Waals surface area contributed by atoms with Crippen molar-refractivity contribution in [2.75, 3.05) is 6.54 Å². The third kappa shape index (κ3) is 3.61. The molecule has 3 rings (SSSR count). The lowest BCUT2D eigenvalue weighted by atomic mass is 9.83. The Hall–Kier alpha value is -0.920. The minimum absolute atomic E-state index is 0.119. The maximum Gasteiger partial charge on any atom is 0.308 e. The number of carbonyl (C=O) groups is 1. The van der Waals surface area contributed by atoms with E-state index in [1.54, 1.807) is 16.4 Å². The van der Waals surface area contributed by atoms with Gasteiger partial charge in [-0.1, -0.05) is 19.3 Å². The molecule has 0 radical (unpaired) electrons. The van der Waals surface area contributed by atoms with Crippen LogP contribution in [0.25, 0.3) is 0 Å². The molecule has 2 fully saturated rings. The third-order valence-corrected chi connectivity index (χ3v) is 8.44. The molecule has 1 aromatic rings.